The Morgan fingerprint density at radius 2 is 1.90 bits per heavy atom. The Kier molecular flexibility index (Phi) is 3.90. The van der Waals surface area contributed by atoms with Crippen LogP contribution in [0.15, 0.2) is 24.4 Å². The first kappa shape index (κ1) is 15.3. The van der Waals surface area contributed by atoms with E-state index in [2.05, 4.69) is 0 Å². The van der Waals surface area contributed by atoms with Crippen LogP contribution in [0.3, 0.4) is 0 Å². The molecule has 0 aliphatic carbocycles. The number of benzene rings is 1. The molecule has 0 bridgehead atoms. The van der Waals surface area contributed by atoms with E-state index in [1.807, 2.05) is 45.9 Å². The van der Waals surface area contributed by atoms with Crippen LogP contribution in [0.1, 0.15) is 43.6 Å². The minimum atomic E-state index is -0.515. The van der Waals surface area contributed by atoms with Crippen molar-refractivity contribution in [1.29, 1.82) is 0 Å². The molecular formula is C17H21NO3. The second-order valence-corrected chi connectivity index (χ2v) is 6.33. The minimum Gasteiger partial charge on any atom is -0.459 e. The number of hydrogen-bond donors (Lipinski definition) is 0. The van der Waals surface area contributed by atoms with Gasteiger partial charge in [-0.05, 0) is 46.2 Å². The van der Waals surface area contributed by atoms with Crippen molar-refractivity contribution in [3.05, 3.63) is 35.5 Å². The fraction of sp³-hybridized carbons (Fsp3) is 0.412. The van der Waals surface area contributed by atoms with Crippen molar-refractivity contribution in [3.8, 4) is 0 Å². The van der Waals surface area contributed by atoms with E-state index in [1.165, 1.54) is 6.92 Å². The molecule has 0 atom stereocenters. The van der Waals surface area contributed by atoms with Crippen LogP contribution >= 0.6 is 0 Å². The van der Waals surface area contributed by atoms with Gasteiger partial charge in [-0.3, -0.25) is 9.59 Å². The normalized spacial score (nSPS) is 11.7. The number of ether oxygens (including phenoxy) is 1. The third kappa shape index (κ3) is 3.51. The van der Waals surface area contributed by atoms with Crippen LogP contribution in [-0.2, 0) is 16.1 Å². The second-order valence-electron chi connectivity index (χ2n) is 6.33. The van der Waals surface area contributed by atoms with Gasteiger partial charge in [0, 0.05) is 22.7 Å². The Labute approximate surface area is 124 Å². The maximum Gasteiger partial charge on any atom is 0.326 e. The number of aryl methyl sites for hydroxylation is 1. The summed E-state index contributed by atoms with van der Waals surface area (Å²) in [6.45, 7) is 9.13. The summed E-state index contributed by atoms with van der Waals surface area (Å²) in [6, 6.07) is 5.87. The average Bonchev–Trinajstić information content (AvgIpc) is 2.65. The Bertz CT molecular complexity index is 705. The molecule has 0 fully saturated rings. The number of rotatable bonds is 3. The van der Waals surface area contributed by atoms with Gasteiger partial charge in [-0.25, -0.2) is 0 Å². The molecule has 0 unspecified atom stereocenters. The van der Waals surface area contributed by atoms with Crippen LogP contribution in [-0.4, -0.2) is 21.9 Å². The van der Waals surface area contributed by atoms with Crippen LogP contribution in [0.4, 0.5) is 0 Å². The molecule has 4 heteroatoms. The summed E-state index contributed by atoms with van der Waals surface area (Å²) in [5.74, 6) is -0.317. The number of ketones is 1. The van der Waals surface area contributed by atoms with Gasteiger partial charge in [0.1, 0.15) is 12.1 Å². The predicted molar refractivity (Wildman–Crippen MR) is 82.5 cm³/mol. The van der Waals surface area contributed by atoms with E-state index < -0.39 is 5.60 Å². The summed E-state index contributed by atoms with van der Waals surface area (Å²) in [4.78, 5) is 23.8. The van der Waals surface area contributed by atoms with Gasteiger partial charge in [-0.2, -0.15) is 0 Å². The summed E-state index contributed by atoms with van der Waals surface area (Å²) < 4.78 is 7.13. The van der Waals surface area contributed by atoms with Gasteiger partial charge < -0.3 is 9.30 Å². The lowest BCUT2D eigenvalue weighted by Crippen LogP contribution is -2.26. The SMILES string of the molecule is CC(=O)c1cn(CC(=O)OC(C)(C)C)c2cc(C)ccc12. The quantitative estimate of drug-likeness (QED) is 0.641. The van der Waals surface area contributed by atoms with Gasteiger partial charge in [0.05, 0.1) is 0 Å². The number of Topliss-reactive ketones (excluding diaryl/α,β-unsaturated/α-hetero) is 1. The lowest BCUT2D eigenvalue weighted by molar-refractivity contribution is -0.155. The topological polar surface area (TPSA) is 48.3 Å². The molecule has 1 heterocycles. The Morgan fingerprint density at radius 3 is 2.48 bits per heavy atom. The van der Waals surface area contributed by atoms with Crippen LogP contribution < -0.4 is 0 Å². The number of esters is 1. The van der Waals surface area contributed by atoms with Gasteiger partial charge >= 0.3 is 5.97 Å². The molecule has 2 aromatic rings. The van der Waals surface area contributed by atoms with Crippen molar-refractivity contribution >= 4 is 22.7 Å². The highest BCUT2D eigenvalue weighted by atomic mass is 16.6. The van der Waals surface area contributed by atoms with Gasteiger partial charge in [0.25, 0.3) is 0 Å². The van der Waals surface area contributed by atoms with E-state index in [4.69, 9.17) is 4.74 Å². The highest BCUT2D eigenvalue weighted by Crippen LogP contribution is 2.23. The molecule has 4 nitrogen and oxygen atoms in total. The molecule has 0 spiro atoms. The first-order valence-corrected chi connectivity index (χ1v) is 6.99. The third-order valence-corrected chi connectivity index (χ3v) is 3.14. The highest BCUT2D eigenvalue weighted by molar-refractivity contribution is 6.07. The molecule has 0 saturated heterocycles. The monoisotopic (exact) mass is 287 g/mol. The van der Waals surface area contributed by atoms with Crippen molar-refractivity contribution < 1.29 is 14.3 Å². The third-order valence-electron chi connectivity index (χ3n) is 3.14. The van der Waals surface area contributed by atoms with Crippen molar-refractivity contribution in [2.45, 2.75) is 46.8 Å². The Hall–Kier alpha value is -2.10. The number of carbonyl (C=O) groups excluding carboxylic acids is 2. The number of fused-ring (bicyclic) bond motifs is 1. The molecule has 0 saturated carbocycles. The molecule has 21 heavy (non-hydrogen) atoms. The number of aromatic nitrogens is 1. The van der Waals surface area contributed by atoms with Gasteiger partial charge in [-0.15, -0.1) is 0 Å². The zero-order valence-corrected chi connectivity index (χ0v) is 13.2. The minimum absolute atomic E-state index is 0.00760. The van der Waals surface area contributed by atoms with Crippen molar-refractivity contribution in [3.63, 3.8) is 0 Å². The Morgan fingerprint density at radius 1 is 1.24 bits per heavy atom. The number of carbonyl (C=O) groups is 2. The zero-order chi connectivity index (χ0) is 15.8. The summed E-state index contributed by atoms with van der Waals surface area (Å²) in [6.07, 6.45) is 1.73. The number of hydrogen-bond acceptors (Lipinski definition) is 3. The smallest absolute Gasteiger partial charge is 0.326 e. The largest absolute Gasteiger partial charge is 0.459 e. The van der Waals surface area contributed by atoms with Crippen LogP contribution in [0.5, 0.6) is 0 Å². The summed E-state index contributed by atoms with van der Waals surface area (Å²) in [5, 5.41) is 0.872. The lowest BCUT2D eigenvalue weighted by Gasteiger charge is -2.19. The van der Waals surface area contributed by atoms with Gasteiger partial charge in [0.15, 0.2) is 5.78 Å². The molecule has 0 aliphatic heterocycles. The van der Waals surface area contributed by atoms with Crippen molar-refractivity contribution in [2.75, 3.05) is 0 Å². The molecule has 112 valence electrons. The van der Waals surface area contributed by atoms with Crippen molar-refractivity contribution in [1.82, 2.24) is 4.57 Å². The maximum absolute atomic E-state index is 12.0. The fourth-order valence-corrected chi connectivity index (χ4v) is 2.33. The highest BCUT2D eigenvalue weighted by Gasteiger charge is 2.19. The molecule has 1 aromatic heterocycles. The van der Waals surface area contributed by atoms with E-state index in [-0.39, 0.29) is 18.3 Å². The van der Waals surface area contributed by atoms with E-state index in [9.17, 15) is 9.59 Å². The fourth-order valence-electron chi connectivity index (χ4n) is 2.33. The predicted octanol–water partition coefficient (Wildman–Crippen LogP) is 3.49. The van der Waals surface area contributed by atoms with E-state index >= 15 is 0 Å². The molecule has 0 radical (unpaired) electrons. The molecule has 0 aliphatic rings. The summed E-state index contributed by atoms with van der Waals surface area (Å²) in [7, 11) is 0. The van der Waals surface area contributed by atoms with Crippen LogP contribution in [0, 0.1) is 6.92 Å². The van der Waals surface area contributed by atoms with E-state index in [0.29, 0.717) is 5.56 Å². The van der Waals surface area contributed by atoms with Gasteiger partial charge in [-0.1, -0.05) is 12.1 Å². The van der Waals surface area contributed by atoms with E-state index in [1.54, 1.807) is 10.8 Å². The second kappa shape index (κ2) is 5.35. The van der Waals surface area contributed by atoms with Gasteiger partial charge in [0.2, 0.25) is 0 Å². The Balaban J connectivity index is 2.42. The molecule has 1 aromatic carbocycles. The first-order chi connectivity index (χ1) is 9.67. The molecule has 2 rings (SSSR count). The summed E-state index contributed by atoms with van der Waals surface area (Å²) in [5.41, 5.74) is 2.08. The average molecular weight is 287 g/mol. The lowest BCUT2D eigenvalue weighted by atomic mass is 10.1. The molecule has 0 amide bonds. The zero-order valence-electron chi connectivity index (χ0n) is 13.2. The van der Waals surface area contributed by atoms with Crippen molar-refractivity contribution in [2.24, 2.45) is 0 Å². The van der Waals surface area contributed by atoms with E-state index in [0.717, 1.165) is 16.5 Å². The number of nitrogens with zero attached hydrogens (tertiary/aromatic N) is 1. The van der Waals surface area contributed by atoms with Crippen LogP contribution in [0.25, 0.3) is 10.9 Å². The van der Waals surface area contributed by atoms with Crippen LogP contribution in [0.2, 0.25) is 0 Å². The summed E-state index contributed by atoms with van der Waals surface area (Å²) >= 11 is 0. The standard InChI is InChI=1S/C17H21NO3/c1-11-6-7-13-14(12(2)19)9-18(15(13)8-11)10-16(20)21-17(3,4)5/h6-9H,10H2,1-5H3. The molecule has 0 N–H and O–H groups in total. The maximum atomic E-state index is 12.0. The first-order valence-electron chi connectivity index (χ1n) is 6.99. The molecular weight excluding hydrogens is 266 g/mol.